The van der Waals surface area contributed by atoms with Crippen LogP contribution in [-0.4, -0.2) is 17.9 Å². The summed E-state index contributed by atoms with van der Waals surface area (Å²) >= 11 is 0. The lowest BCUT2D eigenvalue weighted by Crippen LogP contribution is -2.38. The Morgan fingerprint density at radius 3 is 2.35 bits per heavy atom. The molecule has 0 aliphatic heterocycles. The molecule has 23 heavy (non-hydrogen) atoms. The molecule has 4 nitrogen and oxygen atoms in total. The Labute approximate surface area is 138 Å². The first-order chi connectivity index (χ1) is 11.1. The van der Waals surface area contributed by atoms with Gasteiger partial charge in [0.05, 0.1) is 11.8 Å². The van der Waals surface area contributed by atoms with Crippen LogP contribution >= 0.6 is 0 Å². The van der Waals surface area contributed by atoms with Gasteiger partial charge >= 0.3 is 0 Å². The minimum Gasteiger partial charge on any atom is -0.353 e. The van der Waals surface area contributed by atoms with Crippen LogP contribution in [0.25, 0.3) is 0 Å². The van der Waals surface area contributed by atoms with Gasteiger partial charge in [-0.05, 0) is 31.7 Å². The van der Waals surface area contributed by atoms with E-state index in [9.17, 15) is 9.59 Å². The van der Waals surface area contributed by atoms with Crippen molar-refractivity contribution in [2.75, 3.05) is 0 Å². The number of hydrogen-bond donors (Lipinski definition) is 2. The van der Waals surface area contributed by atoms with Gasteiger partial charge in [0.2, 0.25) is 11.8 Å². The highest BCUT2D eigenvalue weighted by atomic mass is 16.2. The third kappa shape index (κ3) is 4.34. The minimum absolute atomic E-state index is 0.00868. The molecule has 4 heteroatoms. The summed E-state index contributed by atoms with van der Waals surface area (Å²) in [6.45, 7) is 2.58. The molecule has 0 radical (unpaired) electrons. The van der Waals surface area contributed by atoms with Gasteiger partial charge in [-0.1, -0.05) is 49.1 Å². The van der Waals surface area contributed by atoms with Crippen molar-refractivity contribution in [1.82, 2.24) is 10.6 Å². The predicted molar refractivity (Wildman–Crippen MR) is 89.6 cm³/mol. The van der Waals surface area contributed by atoms with Crippen molar-refractivity contribution >= 4 is 11.8 Å². The Balaban J connectivity index is 1.41. The fraction of sp³-hybridized carbons (Fsp3) is 0.579. The molecule has 2 aliphatic rings. The number of benzene rings is 1. The Bertz CT molecular complexity index is 561. The summed E-state index contributed by atoms with van der Waals surface area (Å²) in [4.78, 5) is 24.4. The molecule has 2 N–H and O–H groups in total. The SMILES string of the molecule is Cc1ccc(CNC(=O)C2CC2C(=O)NC2CCCCC2)cc1. The molecule has 0 saturated heterocycles. The number of rotatable bonds is 5. The van der Waals surface area contributed by atoms with E-state index >= 15 is 0 Å². The number of carbonyl (C=O) groups excluding carboxylic acids is 2. The Kier molecular flexibility index (Phi) is 4.99. The van der Waals surface area contributed by atoms with E-state index in [1.54, 1.807) is 0 Å². The second-order valence-electron chi connectivity index (χ2n) is 7.00. The molecule has 0 aromatic heterocycles. The fourth-order valence-electron chi connectivity index (χ4n) is 3.36. The predicted octanol–water partition coefficient (Wildman–Crippen LogP) is 2.70. The molecular formula is C19H26N2O2. The highest BCUT2D eigenvalue weighted by Gasteiger charge is 2.48. The molecule has 0 bridgehead atoms. The lowest BCUT2D eigenvalue weighted by molar-refractivity contribution is -0.127. The summed E-state index contributed by atoms with van der Waals surface area (Å²) in [5, 5.41) is 6.08. The quantitative estimate of drug-likeness (QED) is 0.878. The standard InChI is InChI=1S/C19H26N2O2/c1-13-7-9-14(10-8-13)12-20-18(22)16-11-17(16)19(23)21-15-5-3-2-4-6-15/h7-10,15-17H,2-6,11-12H2,1H3,(H,20,22)(H,21,23). The molecule has 2 unspecified atom stereocenters. The van der Waals surface area contributed by atoms with Crippen LogP contribution < -0.4 is 10.6 Å². The van der Waals surface area contributed by atoms with E-state index in [4.69, 9.17) is 0 Å². The highest BCUT2D eigenvalue weighted by Crippen LogP contribution is 2.39. The van der Waals surface area contributed by atoms with Gasteiger partial charge < -0.3 is 10.6 Å². The van der Waals surface area contributed by atoms with E-state index < -0.39 is 0 Å². The van der Waals surface area contributed by atoms with Crippen LogP contribution in [0, 0.1) is 18.8 Å². The molecule has 0 spiro atoms. The van der Waals surface area contributed by atoms with E-state index in [1.165, 1.54) is 24.8 Å². The zero-order valence-corrected chi connectivity index (χ0v) is 13.8. The van der Waals surface area contributed by atoms with E-state index in [-0.39, 0.29) is 23.7 Å². The lowest BCUT2D eigenvalue weighted by Gasteiger charge is -2.22. The second kappa shape index (κ2) is 7.16. The molecule has 2 saturated carbocycles. The number of carbonyl (C=O) groups is 2. The largest absolute Gasteiger partial charge is 0.353 e. The van der Waals surface area contributed by atoms with Gasteiger partial charge in [0.15, 0.2) is 0 Å². The van der Waals surface area contributed by atoms with Gasteiger partial charge in [-0.25, -0.2) is 0 Å². The molecule has 2 aliphatic carbocycles. The third-order valence-electron chi connectivity index (χ3n) is 5.00. The third-order valence-corrected chi connectivity index (χ3v) is 5.00. The van der Waals surface area contributed by atoms with Crippen molar-refractivity contribution in [3.8, 4) is 0 Å². The number of nitrogens with one attached hydrogen (secondary N) is 2. The van der Waals surface area contributed by atoms with Crippen LogP contribution in [-0.2, 0) is 16.1 Å². The normalized spacial score (nSPS) is 24.0. The molecule has 0 heterocycles. The summed E-state index contributed by atoms with van der Waals surface area (Å²) < 4.78 is 0. The summed E-state index contributed by atoms with van der Waals surface area (Å²) in [7, 11) is 0. The fourth-order valence-corrected chi connectivity index (χ4v) is 3.36. The summed E-state index contributed by atoms with van der Waals surface area (Å²) in [5.41, 5.74) is 2.30. The van der Waals surface area contributed by atoms with Crippen molar-refractivity contribution in [3.05, 3.63) is 35.4 Å². The van der Waals surface area contributed by atoms with E-state index in [1.807, 2.05) is 31.2 Å². The topological polar surface area (TPSA) is 58.2 Å². The van der Waals surface area contributed by atoms with Crippen LogP contribution in [0.2, 0.25) is 0 Å². The maximum Gasteiger partial charge on any atom is 0.224 e. The van der Waals surface area contributed by atoms with Gasteiger partial charge in [-0.15, -0.1) is 0 Å². The summed E-state index contributed by atoms with van der Waals surface area (Å²) in [6, 6.07) is 8.46. The first-order valence-electron chi connectivity index (χ1n) is 8.77. The van der Waals surface area contributed by atoms with Gasteiger partial charge in [0.1, 0.15) is 0 Å². The Morgan fingerprint density at radius 1 is 1.00 bits per heavy atom. The smallest absolute Gasteiger partial charge is 0.224 e. The average Bonchev–Trinajstić information content (AvgIpc) is 3.36. The zero-order chi connectivity index (χ0) is 16.2. The molecule has 2 fully saturated rings. The second-order valence-corrected chi connectivity index (χ2v) is 7.00. The molecule has 1 aromatic carbocycles. The molecule has 124 valence electrons. The Hall–Kier alpha value is -1.84. The van der Waals surface area contributed by atoms with Crippen LogP contribution in [0.1, 0.15) is 49.7 Å². The van der Waals surface area contributed by atoms with Gasteiger partial charge in [-0.2, -0.15) is 0 Å². The van der Waals surface area contributed by atoms with Crippen LogP contribution in [0.4, 0.5) is 0 Å². The number of aryl methyl sites for hydroxylation is 1. The van der Waals surface area contributed by atoms with E-state index in [0.29, 0.717) is 19.0 Å². The van der Waals surface area contributed by atoms with Crippen LogP contribution in [0.15, 0.2) is 24.3 Å². The maximum atomic E-state index is 12.2. The summed E-state index contributed by atoms with van der Waals surface area (Å²) in [5.74, 6) is -0.166. The first-order valence-corrected chi connectivity index (χ1v) is 8.77. The molecular weight excluding hydrogens is 288 g/mol. The molecule has 2 amide bonds. The molecule has 1 aromatic rings. The molecule has 3 rings (SSSR count). The lowest BCUT2D eigenvalue weighted by atomic mass is 9.95. The van der Waals surface area contributed by atoms with Gasteiger partial charge in [0.25, 0.3) is 0 Å². The van der Waals surface area contributed by atoms with Gasteiger partial charge in [0, 0.05) is 12.6 Å². The van der Waals surface area contributed by atoms with E-state index in [2.05, 4.69) is 10.6 Å². The van der Waals surface area contributed by atoms with Crippen molar-refractivity contribution in [2.24, 2.45) is 11.8 Å². The van der Waals surface area contributed by atoms with Crippen molar-refractivity contribution < 1.29 is 9.59 Å². The Morgan fingerprint density at radius 2 is 1.65 bits per heavy atom. The van der Waals surface area contributed by atoms with Crippen molar-refractivity contribution in [1.29, 1.82) is 0 Å². The van der Waals surface area contributed by atoms with Gasteiger partial charge in [-0.3, -0.25) is 9.59 Å². The maximum absolute atomic E-state index is 12.2. The first kappa shape index (κ1) is 16.0. The number of amides is 2. The van der Waals surface area contributed by atoms with Crippen LogP contribution in [0.5, 0.6) is 0 Å². The summed E-state index contributed by atoms with van der Waals surface area (Å²) in [6.07, 6.45) is 6.55. The minimum atomic E-state index is -0.135. The monoisotopic (exact) mass is 314 g/mol. The van der Waals surface area contributed by atoms with Crippen molar-refractivity contribution in [3.63, 3.8) is 0 Å². The van der Waals surface area contributed by atoms with E-state index in [0.717, 1.165) is 18.4 Å². The average molecular weight is 314 g/mol. The number of hydrogen-bond acceptors (Lipinski definition) is 2. The zero-order valence-electron chi connectivity index (χ0n) is 13.8. The molecule has 2 atom stereocenters. The highest BCUT2D eigenvalue weighted by molar-refractivity contribution is 5.92. The van der Waals surface area contributed by atoms with Crippen molar-refractivity contribution in [2.45, 2.75) is 58.0 Å². The van der Waals surface area contributed by atoms with Crippen LogP contribution in [0.3, 0.4) is 0 Å².